The molecule has 2 aromatic rings. The van der Waals surface area contributed by atoms with E-state index in [1.165, 1.54) is 43.6 Å². The number of carbonyl (C=O) groups is 1. The van der Waals surface area contributed by atoms with Gasteiger partial charge in [-0.25, -0.2) is 9.37 Å². The lowest BCUT2D eigenvalue weighted by Gasteiger charge is -2.08. The van der Waals surface area contributed by atoms with Gasteiger partial charge in [-0.15, -0.1) is 0 Å². The van der Waals surface area contributed by atoms with Crippen LogP contribution in [-0.4, -0.2) is 23.1 Å². The van der Waals surface area contributed by atoms with Crippen LogP contribution in [0.1, 0.15) is 10.5 Å². The second-order valence-corrected chi connectivity index (χ2v) is 3.67. The number of nitrogens with one attached hydrogen (secondary N) is 1. The Morgan fingerprint density at radius 2 is 2.21 bits per heavy atom. The molecule has 0 saturated carbocycles. The van der Waals surface area contributed by atoms with Crippen molar-refractivity contribution in [2.75, 3.05) is 12.4 Å². The zero-order valence-corrected chi connectivity index (χ0v) is 10.1. The summed E-state index contributed by atoms with van der Waals surface area (Å²) < 4.78 is 18.5. The number of nitrogens with zero attached hydrogens (tertiary/aromatic N) is 1. The molecule has 2 N–H and O–H groups in total. The minimum atomic E-state index is -0.703. The zero-order valence-electron chi connectivity index (χ0n) is 10.1. The number of pyridine rings is 1. The lowest BCUT2D eigenvalue weighted by Crippen LogP contribution is -2.14. The molecule has 0 aliphatic heterocycles. The van der Waals surface area contributed by atoms with Crippen LogP contribution >= 0.6 is 0 Å². The SMILES string of the molecule is COc1ccc(F)c(NC(=O)c2ncccc2O)c1. The second-order valence-electron chi connectivity index (χ2n) is 3.67. The van der Waals surface area contributed by atoms with Gasteiger partial charge < -0.3 is 15.2 Å². The number of amides is 1. The van der Waals surface area contributed by atoms with Crippen molar-refractivity contribution in [3.8, 4) is 11.5 Å². The zero-order chi connectivity index (χ0) is 13.8. The van der Waals surface area contributed by atoms with E-state index in [1.807, 2.05) is 0 Å². The Balaban J connectivity index is 2.26. The average Bonchev–Trinajstić information content (AvgIpc) is 2.41. The Morgan fingerprint density at radius 3 is 2.89 bits per heavy atom. The first-order valence-corrected chi connectivity index (χ1v) is 5.40. The Morgan fingerprint density at radius 1 is 1.42 bits per heavy atom. The minimum absolute atomic E-state index is 0.0468. The number of carbonyl (C=O) groups excluding carboxylic acids is 1. The number of aromatic nitrogens is 1. The van der Waals surface area contributed by atoms with Crippen molar-refractivity contribution in [2.45, 2.75) is 0 Å². The molecule has 5 nitrogen and oxygen atoms in total. The van der Waals surface area contributed by atoms with Gasteiger partial charge in [0.25, 0.3) is 5.91 Å². The molecule has 1 aromatic heterocycles. The monoisotopic (exact) mass is 262 g/mol. The third-order valence-corrected chi connectivity index (χ3v) is 2.42. The highest BCUT2D eigenvalue weighted by molar-refractivity contribution is 6.04. The average molecular weight is 262 g/mol. The number of hydrogen-bond donors (Lipinski definition) is 2. The highest BCUT2D eigenvalue weighted by Gasteiger charge is 2.14. The lowest BCUT2D eigenvalue weighted by molar-refractivity contribution is 0.101. The molecule has 0 aliphatic rings. The van der Waals surface area contributed by atoms with Gasteiger partial charge in [-0.2, -0.15) is 0 Å². The molecule has 1 aromatic carbocycles. The highest BCUT2D eigenvalue weighted by Crippen LogP contribution is 2.22. The Labute approximate surface area is 108 Å². The molecular formula is C13H11FN2O3. The molecule has 0 spiro atoms. The summed E-state index contributed by atoms with van der Waals surface area (Å²) in [5.41, 5.74) is -0.223. The normalized spacial score (nSPS) is 10.0. The molecule has 0 atom stereocenters. The molecule has 6 heteroatoms. The molecule has 0 saturated heterocycles. The van der Waals surface area contributed by atoms with Crippen molar-refractivity contribution in [3.05, 3.63) is 48.0 Å². The van der Waals surface area contributed by atoms with E-state index in [0.29, 0.717) is 5.75 Å². The molecule has 0 unspecified atom stereocenters. The molecule has 0 bridgehead atoms. The largest absolute Gasteiger partial charge is 0.505 e. The molecule has 0 aliphatic carbocycles. The molecule has 19 heavy (non-hydrogen) atoms. The number of hydrogen-bond acceptors (Lipinski definition) is 4. The first kappa shape index (κ1) is 12.8. The molecule has 1 amide bonds. The first-order chi connectivity index (χ1) is 9.11. The topological polar surface area (TPSA) is 71.5 Å². The van der Waals surface area contributed by atoms with Crippen LogP contribution in [0.4, 0.5) is 10.1 Å². The van der Waals surface area contributed by atoms with Crippen molar-refractivity contribution >= 4 is 11.6 Å². The van der Waals surface area contributed by atoms with Crippen LogP contribution in [-0.2, 0) is 0 Å². The molecule has 98 valence electrons. The van der Waals surface area contributed by atoms with Gasteiger partial charge in [-0.05, 0) is 24.3 Å². The van der Waals surface area contributed by atoms with Gasteiger partial charge in [-0.1, -0.05) is 0 Å². The number of halogens is 1. The van der Waals surface area contributed by atoms with Crippen LogP contribution in [0, 0.1) is 5.82 Å². The van der Waals surface area contributed by atoms with Gasteiger partial charge >= 0.3 is 0 Å². The van der Waals surface area contributed by atoms with Crippen molar-refractivity contribution in [3.63, 3.8) is 0 Å². The van der Waals surface area contributed by atoms with Crippen molar-refractivity contribution in [1.29, 1.82) is 0 Å². The summed E-state index contributed by atoms with van der Waals surface area (Å²) in [6, 6.07) is 6.76. The minimum Gasteiger partial charge on any atom is -0.505 e. The number of methoxy groups -OCH3 is 1. The van der Waals surface area contributed by atoms with E-state index in [9.17, 15) is 14.3 Å². The molecule has 0 radical (unpaired) electrons. The highest BCUT2D eigenvalue weighted by atomic mass is 19.1. The van der Waals surface area contributed by atoms with E-state index in [0.717, 1.165) is 0 Å². The summed E-state index contributed by atoms with van der Waals surface area (Å²) in [6.45, 7) is 0. The van der Waals surface area contributed by atoms with Gasteiger partial charge in [0.15, 0.2) is 5.69 Å². The standard InChI is InChI=1S/C13H11FN2O3/c1-19-8-4-5-9(14)10(7-8)16-13(18)12-11(17)3-2-6-15-12/h2-7,17H,1H3,(H,16,18). The van der Waals surface area contributed by atoms with E-state index < -0.39 is 11.7 Å². The Bertz CT molecular complexity index is 617. The third-order valence-electron chi connectivity index (χ3n) is 2.42. The summed E-state index contributed by atoms with van der Waals surface area (Å²) >= 11 is 0. The van der Waals surface area contributed by atoms with Gasteiger partial charge in [0.1, 0.15) is 17.3 Å². The summed E-state index contributed by atoms with van der Waals surface area (Å²) in [5, 5.41) is 11.8. The van der Waals surface area contributed by atoms with Gasteiger partial charge in [0, 0.05) is 12.3 Å². The molecule has 1 heterocycles. The van der Waals surface area contributed by atoms with Gasteiger partial charge in [0.2, 0.25) is 0 Å². The predicted octanol–water partition coefficient (Wildman–Crippen LogP) is 2.19. The number of rotatable bonds is 3. The summed E-state index contributed by atoms with van der Waals surface area (Å²) in [7, 11) is 1.43. The molecule has 0 fully saturated rings. The number of ether oxygens (including phenoxy) is 1. The van der Waals surface area contributed by atoms with E-state index in [2.05, 4.69) is 10.3 Å². The van der Waals surface area contributed by atoms with Gasteiger partial charge in [0.05, 0.1) is 12.8 Å². The van der Waals surface area contributed by atoms with Crippen molar-refractivity contribution in [1.82, 2.24) is 4.98 Å². The third kappa shape index (κ3) is 2.79. The Kier molecular flexibility index (Phi) is 3.61. The van der Waals surface area contributed by atoms with Crippen LogP contribution in [0.3, 0.4) is 0 Å². The number of benzene rings is 1. The fraction of sp³-hybridized carbons (Fsp3) is 0.0769. The fourth-order valence-electron chi connectivity index (χ4n) is 1.48. The van der Waals surface area contributed by atoms with Crippen molar-refractivity contribution < 1.29 is 19.0 Å². The second kappa shape index (κ2) is 5.34. The van der Waals surface area contributed by atoms with Crippen molar-refractivity contribution in [2.24, 2.45) is 0 Å². The van der Waals surface area contributed by atoms with Crippen LogP contribution < -0.4 is 10.1 Å². The van der Waals surface area contributed by atoms with E-state index in [4.69, 9.17) is 4.74 Å². The maximum absolute atomic E-state index is 13.5. The summed E-state index contributed by atoms with van der Waals surface area (Å²) in [6.07, 6.45) is 1.36. The van der Waals surface area contributed by atoms with Crippen LogP contribution in [0.15, 0.2) is 36.5 Å². The number of aromatic hydroxyl groups is 1. The van der Waals surface area contributed by atoms with E-state index >= 15 is 0 Å². The maximum Gasteiger partial charge on any atom is 0.278 e. The summed E-state index contributed by atoms with van der Waals surface area (Å²) in [4.78, 5) is 15.6. The predicted molar refractivity (Wildman–Crippen MR) is 66.8 cm³/mol. The Hall–Kier alpha value is -2.63. The first-order valence-electron chi connectivity index (χ1n) is 5.40. The maximum atomic E-state index is 13.5. The van der Waals surface area contributed by atoms with Crippen LogP contribution in [0.25, 0.3) is 0 Å². The smallest absolute Gasteiger partial charge is 0.278 e. The molecular weight excluding hydrogens is 251 g/mol. The molecule has 2 rings (SSSR count). The summed E-state index contributed by atoms with van der Waals surface area (Å²) in [5.74, 6) is -1.18. The lowest BCUT2D eigenvalue weighted by atomic mass is 10.2. The quantitative estimate of drug-likeness (QED) is 0.889. The van der Waals surface area contributed by atoms with E-state index in [1.54, 1.807) is 0 Å². The fourth-order valence-corrected chi connectivity index (χ4v) is 1.48. The number of anilines is 1. The van der Waals surface area contributed by atoms with Gasteiger partial charge in [-0.3, -0.25) is 4.79 Å². The van der Waals surface area contributed by atoms with E-state index in [-0.39, 0.29) is 17.1 Å². The van der Waals surface area contributed by atoms with Crippen LogP contribution in [0.2, 0.25) is 0 Å². The van der Waals surface area contributed by atoms with Crippen LogP contribution in [0.5, 0.6) is 11.5 Å².